The summed E-state index contributed by atoms with van der Waals surface area (Å²) in [7, 11) is 0. The zero-order valence-electron chi connectivity index (χ0n) is 13.3. The Balaban J connectivity index is 1.77. The Bertz CT molecular complexity index is 917. The highest BCUT2D eigenvalue weighted by Crippen LogP contribution is 2.28. The number of hydrogen-bond acceptors (Lipinski definition) is 8. The van der Waals surface area contributed by atoms with Crippen molar-refractivity contribution in [2.75, 3.05) is 0 Å². The molecule has 3 rings (SSSR count). The third-order valence-corrected chi connectivity index (χ3v) is 3.36. The smallest absolute Gasteiger partial charge is 0.269 e. The number of non-ortho nitro benzene ring substituents is 2. The fourth-order valence-corrected chi connectivity index (χ4v) is 2.16. The Morgan fingerprint density at radius 2 is 1.11 bits per heavy atom. The normalized spacial score (nSPS) is 10.3. The van der Waals surface area contributed by atoms with E-state index in [0.717, 1.165) is 0 Å². The van der Waals surface area contributed by atoms with Crippen molar-refractivity contribution in [1.82, 2.24) is 9.97 Å². The number of nitro groups is 2. The summed E-state index contributed by atoms with van der Waals surface area (Å²) in [6, 6.07) is 12.1. The summed E-state index contributed by atoms with van der Waals surface area (Å²) in [5.41, 5.74) is -0.157. The van der Waals surface area contributed by atoms with Gasteiger partial charge in [-0.05, 0) is 35.9 Å². The second-order valence-corrected chi connectivity index (χ2v) is 5.36. The van der Waals surface area contributed by atoms with Gasteiger partial charge in [0, 0.05) is 24.3 Å². The van der Waals surface area contributed by atoms with Crippen molar-refractivity contribution in [3.8, 4) is 23.3 Å². The SMILES string of the molecule is O=[N+]([O-])c1ccc(Oc2cc(Oc3ccc([N+](=O)[O-])cc3)nc(Cl)n2)cc1. The van der Waals surface area contributed by atoms with Crippen LogP contribution in [0.2, 0.25) is 5.28 Å². The molecule has 1 heterocycles. The molecule has 1 aromatic heterocycles. The van der Waals surface area contributed by atoms with Crippen LogP contribution in [0.3, 0.4) is 0 Å². The number of ether oxygens (including phenoxy) is 2. The number of nitrogens with zero attached hydrogens (tertiary/aromatic N) is 4. The molecule has 0 atom stereocenters. The molecule has 11 heteroatoms. The molecule has 2 aromatic carbocycles. The van der Waals surface area contributed by atoms with Gasteiger partial charge in [-0.1, -0.05) is 0 Å². The maximum absolute atomic E-state index is 10.7. The molecule has 0 aliphatic rings. The highest BCUT2D eigenvalue weighted by molar-refractivity contribution is 6.28. The minimum absolute atomic E-state index is 0.0563. The summed E-state index contributed by atoms with van der Waals surface area (Å²) >= 11 is 5.86. The Kier molecular flexibility index (Phi) is 5.08. The first-order valence-electron chi connectivity index (χ1n) is 7.30. The lowest BCUT2D eigenvalue weighted by Crippen LogP contribution is -1.95. The van der Waals surface area contributed by atoms with Gasteiger partial charge in [0.25, 0.3) is 11.4 Å². The second-order valence-electron chi connectivity index (χ2n) is 5.02. The molecule has 0 N–H and O–H groups in total. The van der Waals surface area contributed by atoms with Crippen LogP contribution in [0, 0.1) is 20.2 Å². The third-order valence-electron chi connectivity index (χ3n) is 3.19. The van der Waals surface area contributed by atoms with Gasteiger partial charge in [0.2, 0.25) is 17.0 Å². The van der Waals surface area contributed by atoms with Crippen LogP contribution in [-0.2, 0) is 0 Å². The van der Waals surface area contributed by atoms with E-state index in [0.29, 0.717) is 11.5 Å². The molecule has 0 fully saturated rings. The molecule has 0 spiro atoms. The van der Waals surface area contributed by atoms with Gasteiger partial charge in [-0.2, -0.15) is 9.97 Å². The number of nitro benzene ring substituents is 2. The molecule has 27 heavy (non-hydrogen) atoms. The molecule has 0 bridgehead atoms. The highest BCUT2D eigenvalue weighted by atomic mass is 35.5. The predicted octanol–water partition coefficient (Wildman–Crippen LogP) is 4.53. The van der Waals surface area contributed by atoms with Crippen LogP contribution in [0.5, 0.6) is 23.3 Å². The van der Waals surface area contributed by atoms with E-state index in [1.54, 1.807) is 0 Å². The fourth-order valence-electron chi connectivity index (χ4n) is 1.99. The largest absolute Gasteiger partial charge is 0.439 e. The van der Waals surface area contributed by atoms with Gasteiger partial charge in [0.05, 0.1) is 15.9 Å². The van der Waals surface area contributed by atoms with Crippen LogP contribution in [-0.4, -0.2) is 19.8 Å². The van der Waals surface area contributed by atoms with E-state index >= 15 is 0 Å². The van der Waals surface area contributed by atoms with Crippen molar-refractivity contribution in [1.29, 1.82) is 0 Å². The molecule has 0 aliphatic heterocycles. The number of halogens is 1. The van der Waals surface area contributed by atoms with Crippen molar-refractivity contribution >= 4 is 23.0 Å². The van der Waals surface area contributed by atoms with Gasteiger partial charge < -0.3 is 9.47 Å². The van der Waals surface area contributed by atoms with Crippen LogP contribution in [0.15, 0.2) is 54.6 Å². The van der Waals surface area contributed by atoms with Gasteiger partial charge in [-0.15, -0.1) is 0 Å². The molecule has 0 saturated carbocycles. The molecule has 10 nitrogen and oxygen atoms in total. The summed E-state index contributed by atoms with van der Waals surface area (Å²) in [6.45, 7) is 0. The van der Waals surface area contributed by atoms with Gasteiger partial charge in [0.15, 0.2) is 0 Å². The van der Waals surface area contributed by atoms with Gasteiger partial charge in [0.1, 0.15) is 11.5 Å². The monoisotopic (exact) mass is 388 g/mol. The number of hydrogen-bond donors (Lipinski definition) is 0. The molecule has 136 valence electrons. The van der Waals surface area contributed by atoms with E-state index in [2.05, 4.69) is 9.97 Å². The Labute approximate surface area is 156 Å². The summed E-state index contributed by atoms with van der Waals surface area (Å²) in [6.07, 6.45) is 0. The number of aromatic nitrogens is 2. The first-order valence-corrected chi connectivity index (χ1v) is 7.68. The Morgan fingerprint density at radius 3 is 1.44 bits per heavy atom. The van der Waals surface area contributed by atoms with Crippen molar-refractivity contribution in [2.45, 2.75) is 0 Å². The van der Waals surface area contributed by atoms with Crippen LogP contribution in [0.4, 0.5) is 11.4 Å². The third kappa shape index (κ3) is 4.64. The zero-order valence-corrected chi connectivity index (χ0v) is 14.1. The van der Waals surface area contributed by atoms with E-state index in [1.165, 1.54) is 54.6 Å². The van der Waals surface area contributed by atoms with Gasteiger partial charge in [-0.25, -0.2) is 0 Å². The number of rotatable bonds is 6. The molecule has 3 aromatic rings. The topological polar surface area (TPSA) is 131 Å². The quantitative estimate of drug-likeness (QED) is 0.342. The minimum atomic E-state index is -0.526. The van der Waals surface area contributed by atoms with Crippen LogP contribution >= 0.6 is 11.6 Å². The molecular formula is C16H9ClN4O6. The van der Waals surface area contributed by atoms with Crippen LogP contribution in [0.1, 0.15) is 0 Å². The summed E-state index contributed by atoms with van der Waals surface area (Å²) in [5, 5.41) is 21.2. The first-order chi connectivity index (χ1) is 12.9. The van der Waals surface area contributed by atoms with Crippen LogP contribution in [0.25, 0.3) is 0 Å². The second kappa shape index (κ2) is 7.62. The average molecular weight is 389 g/mol. The molecule has 0 amide bonds. The lowest BCUT2D eigenvalue weighted by atomic mass is 10.3. The van der Waals surface area contributed by atoms with E-state index in [9.17, 15) is 20.2 Å². The Hall–Kier alpha value is -3.79. The summed E-state index contributed by atoms with van der Waals surface area (Å²) in [5.74, 6) is 0.717. The van der Waals surface area contributed by atoms with E-state index in [-0.39, 0.29) is 28.4 Å². The highest BCUT2D eigenvalue weighted by Gasteiger charge is 2.10. The lowest BCUT2D eigenvalue weighted by Gasteiger charge is -2.08. The number of benzene rings is 2. The van der Waals surface area contributed by atoms with E-state index in [4.69, 9.17) is 21.1 Å². The maximum Gasteiger partial charge on any atom is 0.269 e. The molecule has 0 unspecified atom stereocenters. The molecule has 0 aliphatic carbocycles. The predicted molar refractivity (Wildman–Crippen MR) is 93.4 cm³/mol. The van der Waals surface area contributed by atoms with Gasteiger partial charge >= 0.3 is 0 Å². The first kappa shape index (κ1) is 18.0. The standard InChI is InChI=1S/C16H9ClN4O6/c17-16-18-14(26-12-5-1-10(2-6-12)20(22)23)9-15(19-16)27-13-7-3-11(4-8-13)21(24)25/h1-9H. The summed E-state index contributed by atoms with van der Waals surface area (Å²) in [4.78, 5) is 28.1. The van der Waals surface area contributed by atoms with Crippen molar-refractivity contribution in [3.05, 3.63) is 80.1 Å². The van der Waals surface area contributed by atoms with Gasteiger partial charge in [-0.3, -0.25) is 20.2 Å². The minimum Gasteiger partial charge on any atom is -0.439 e. The van der Waals surface area contributed by atoms with Crippen molar-refractivity contribution in [3.63, 3.8) is 0 Å². The molecular weight excluding hydrogens is 380 g/mol. The Morgan fingerprint density at radius 1 is 0.741 bits per heavy atom. The van der Waals surface area contributed by atoms with E-state index < -0.39 is 9.85 Å². The zero-order chi connectivity index (χ0) is 19.4. The molecule has 0 radical (unpaired) electrons. The van der Waals surface area contributed by atoms with Crippen molar-refractivity contribution in [2.24, 2.45) is 0 Å². The molecule has 0 saturated heterocycles. The fraction of sp³-hybridized carbons (Fsp3) is 0. The van der Waals surface area contributed by atoms with Crippen LogP contribution < -0.4 is 9.47 Å². The lowest BCUT2D eigenvalue weighted by molar-refractivity contribution is -0.385. The van der Waals surface area contributed by atoms with Crippen molar-refractivity contribution < 1.29 is 19.3 Å². The summed E-state index contributed by atoms with van der Waals surface area (Å²) < 4.78 is 11.0. The maximum atomic E-state index is 10.7. The van der Waals surface area contributed by atoms with E-state index in [1.807, 2.05) is 0 Å². The average Bonchev–Trinajstić information content (AvgIpc) is 2.62.